The largest absolute Gasteiger partial charge is 0.465 e. The maximum absolute atomic E-state index is 12.2. The average molecular weight is 344 g/mol. The topological polar surface area (TPSA) is 58.6 Å². The van der Waals surface area contributed by atoms with Crippen molar-refractivity contribution in [1.82, 2.24) is 5.32 Å². The first-order valence-corrected chi connectivity index (χ1v) is 9.96. The van der Waals surface area contributed by atoms with Crippen LogP contribution in [0.5, 0.6) is 0 Å². The van der Waals surface area contributed by atoms with Crippen molar-refractivity contribution in [1.29, 1.82) is 0 Å². The van der Waals surface area contributed by atoms with Crippen LogP contribution in [0.3, 0.4) is 0 Å². The predicted octanol–water partition coefficient (Wildman–Crippen LogP) is 4.30. The van der Waals surface area contributed by atoms with Crippen LogP contribution in [0.25, 0.3) is 0 Å². The van der Waals surface area contributed by atoms with Gasteiger partial charge in [0.15, 0.2) is 0 Å². The van der Waals surface area contributed by atoms with Crippen molar-refractivity contribution in [2.24, 2.45) is 11.3 Å². The third-order valence-electron chi connectivity index (χ3n) is 4.60. The number of carbonyl (C=O) groups is 1. The quantitative estimate of drug-likeness (QED) is 0.324. The van der Waals surface area contributed by atoms with Gasteiger partial charge in [-0.25, -0.2) is 0 Å². The zero-order valence-electron chi connectivity index (χ0n) is 16.5. The fourth-order valence-electron chi connectivity index (χ4n) is 2.86. The predicted molar refractivity (Wildman–Crippen MR) is 101 cm³/mol. The third-order valence-corrected chi connectivity index (χ3v) is 4.60. The molecule has 0 amide bonds. The van der Waals surface area contributed by atoms with Crippen molar-refractivity contribution in [3.05, 3.63) is 0 Å². The number of esters is 1. The van der Waals surface area contributed by atoms with E-state index in [-0.39, 0.29) is 12.6 Å². The Hall–Kier alpha value is -0.610. The number of nitrogens with one attached hydrogen (secondary N) is 1. The number of hydrogen-bond acceptors (Lipinski definition) is 4. The fraction of sp³-hybridized carbons (Fsp3) is 0.950. The molecular weight excluding hydrogens is 302 g/mol. The van der Waals surface area contributed by atoms with Crippen LogP contribution in [0.4, 0.5) is 0 Å². The second-order valence-corrected chi connectivity index (χ2v) is 7.57. The molecule has 0 heterocycles. The molecule has 4 nitrogen and oxygen atoms in total. The van der Waals surface area contributed by atoms with Crippen molar-refractivity contribution in [2.75, 3.05) is 26.3 Å². The minimum Gasteiger partial charge on any atom is -0.465 e. The summed E-state index contributed by atoms with van der Waals surface area (Å²) in [5, 5.41) is 11.9. The molecule has 0 unspecified atom stereocenters. The van der Waals surface area contributed by atoms with E-state index in [2.05, 4.69) is 19.2 Å². The van der Waals surface area contributed by atoms with Gasteiger partial charge < -0.3 is 15.2 Å². The molecule has 0 aromatic heterocycles. The molecule has 0 aromatic rings. The number of unbranched alkanes of at least 4 members (excludes halogenated alkanes) is 4. The first-order valence-electron chi connectivity index (χ1n) is 9.96. The van der Waals surface area contributed by atoms with E-state index in [0.29, 0.717) is 25.6 Å². The maximum Gasteiger partial charge on any atom is 0.312 e. The van der Waals surface area contributed by atoms with Crippen LogP contribution in [0.2, 0.25) is 0 Å². The summed E-state index contributed by atoms with van der Waals surface area (Å²) in [6.07, 6.45) is 11.2. The minimum absolute atomic E-state index is 0.0856. The van der Waals surface area contributed by atoms with Crippen LogP contribution >= 0.6 is 0 Å². The van der Waals surface area contributed by atoms with Crippen LogP contribution < -0.4 is 5.32 Å². The molecule has 0 atom stereocenters. The smallest absolute Gasteiger partial charge is 0.312 e. The first-order chi connectivity index (χ1) is 11.5. The lowest BCUT2D eigenvalue weighted by molar-refractivity contribution is -0.154. The zero-order chi connectivity index (χ0) is 18.3. The van der Waals surface area contributed by atoms with Gasteiger partial charge in [0.05, 0.1) is 18.6 Å². The van der Waals surface area contributed by atoms with E-state index in [4.69, 9.17) is 9.84 Å². The summed E-state index contributed by atoms with van der Waals surface area (Å²) in [7, 11) is 0. The summed E-state index contributed by atoms with van der Waals surface area (Å²) < 4.78 is 5.54. The zero-order valence-corrected chi connectivity index (χ0v) is 16.5. The summed E-state index contributed by atoms with van der Waals surface area (Å²) in [5.74, 6) is 0.542. The average Bonchev–Trinajstić information content (AvgIpc) is 2.54. The highest BCUT2D eigenvalue weighted by Crippen LogP contribution is 2.22. The molecule has 4 heteroatoms. The molecule has 0 bridgehead atoms. The summed E-state index contributed by atoms with van der Waals surface area (Å²) in [4.78, 5) is 12.2. The van der Waals surface area contributed by atoms with Crippen molar-refractivity contribution in [2.45, 2.75) is 85.5 Å². The number of aliphatic hydroxyl groups excluding tert-OH is 1. The number of carbonyl (C=O) groups excluding carboxylic acids is 1. The van der Waals surface area contributed by atoms with Gasteiger partial charge in [-0.15, -0.1) is 0 Å². The van der Waals surface area contributed by atoms with Crippen LogP contribution in [0.15, 0.2) is 0 Å². The molecule has 0 radical (unpaired) electrons. The number of aliphatic hydroxyl groups is 1. The molecule has 0 rings (SSSR count). The standard InChI is InChI=1S/C20H41NO3/c1-5-7-9-11-18(12-10-8-6-2)13-16-24-19(23)20(3,4)17-21-14-15-22/h18,21-22H,5-17H2,1-4H3. The Morgan fingerprint density at radius 2 is 1.62 bits per heavy atom. The molecule has 0 aliphatic rings. The lowest BCUT2D eigenvalue weighted by Gasteiger charge is -2.24. The highest BCUT2D eigenvalue weighted by Gasteiger charge is 2.29. The van der Waals surface area contributed by atoms with Gasteiger partial charge in [-0.1, -0.05) is 65.2 Å². The summed E-state index contributed by atoms with van der Waals surface area (Å²) in [6, 6.07) is 0. The van der Waals surface area contributed by atoms with Gasteiger partial charge in [0.1, 0.15) is 0 Å². The normalized spacial score (nSPS) is 11.9. The summed E-state index contributed by atoms with van der Waals surface area (Å²) >= 11 is 0. The Kier molecular flexibility index (Phi) is 14.3. The molecule has 0 aliphatic heterocycles. The third kappa shape index (κ3) is 11.9. The van der Waals surface area contributed by atoms with Crippen LogP contribution in [0, 0.1) is 11.3 Å². The van der Waals surface area contributed by atoms with E-state index in [9.17, 15) is 4.79 Å². The second-order valence-electron chi connectivity index (χ2n) is 7.57. The molecule has 0 saturated carbocycles. The lowest BCUT2D eigenvalue weighted by atomic mass is 9.92. The van der Waals surface area contributed by atoms with E-state index in [0.717, 1.165) is 6.42 Å². The molecule has 2 N–H and O–H groups in total. The van der Waals surface area contributed by atoms with Gasteiger partial charge in [0.2, 0.25) is 0 Å². The Morgan fingerprint density at radius 1 is 1.04 bits per heavy atom. The lowest BCUT2D eigenvalue weighted by Crippen LogP contribution is -2.38. The summed E-state index contributed by atoms with van der Waals surface area (Å²) in [6.45, 7) is 9.91. The Bertz CT molecular complexity index is 295. The van der Waals surface area contributed by atoms with Gasteiger partial charge in [-0.3, -0.25) is 4.79 Å². The molecule has 0 aromatic carbocycles. The minimum atomic E-state index is -0.547. The van der Waals surface area contributed by atoms with Crippen molar-refractivity contribution < 1.29 is 14.6 Å². The molecular formula is C20H41NO3. The molecule has 144 valence electrons. The van der Waals surface area contributed by atoms with Gasteiger partial charge >= 0.3 is 5.97 Å². The van der Waals surface area contributed by atoms with Crippen molar-refractivity contribution in [3.63, 3.8) is 0 Å². The monoisotopic (exact) mass is 343 g/mol. The van der Waals surface area contributed by atoms with Crippen LogP contribution in [-0.2, 0) is 9.53 Å². The molecule has 0 fully saturated rings. The second kappa shape index (κ2) is 14.7. The Morgan fingerprint density at radius 3 is 2.12 bits per heavy atom. The summed E-state index contributed by atoms with van der Waals surface area (Å²) in [5.41, 5.74) is -0.547. The highest BCUT2D eigenvalue weighted by atomic mass is 16.5. The van der Waals surface area contributed by atoms with Gasteiger partial charge in [0.25, 0.3) is 0 Å². The Balaban J connectivity index is 4.14. The number of ether oxygens (including phenoxy) is 1. The molecule has 0 aliphatic carbocycles. The van der Waals surface area contributed by atoms with Crippen molar-refractivity contribution in [3.8, 4) is 0 Å². The van der Waals surface area contributed by atoms with Gasteiger partial charge in [-0.2, -0.15) is 0 Å². The molecule has 0 spiro atoms. The Labute approximate surface area is 149 Å². The van der Waals surface area contributed by atoms with Gasteiger partial charge in [-0.05, 0) is 26.2 Å². The van der Waals surface area contributed by atoms with Crippen LogP contribution in [0.1, 0.15) is 85.5 Å². The van der Waals surface area contributed by atoms with E-state index < -0.39 is 5.41 Å². The van der Waals surface area contributed by atoms with E-state index in [1.54, 1.807) is 0 Å². The maximum atomic E-state index is 12.2. The van der Waals surface area contributed by atoms with E-state index >= 15 is 0 Å². The van der Waals surface area contributed by atoms with Crippen molar-refractivity contribution >= 4 is 5.97 Å². The van der Waals surface area contributed by atoms with E-state index in [1.165, 1.54) is 51.4 Å². The highest BCUT2D eigenvalue weighted by molar-refractivity contribution is 5.76. The molecule has 24 heavy (non-hydrogen) atoms. The molecule has 0 saturated heterocycles. The van der Waals surface area contributed by atoms with Crippen LogP contribution in [-0.4, -0.2) is 37.4 Å². The number of hydrogen-bond donors (Lipinski definition) is 2. The van der Waals surface area contributed by atoms with Gasteiger partial charge in [0, 0.05) is 13.1 Å². The SMILES string of the molecule is CCCCCC(CCCCC)CCOC(=O)C(C)(C)CNCCO. The van der Waals surface area contributed by atoms with E-state index in [1.807, 2.05) is 13.8 Å². The fourth-order valence-corrected chi connectivity index (χ4v) is 2.86. The first kappa shape index (κ1) is 23.4. The number of rotatable bonds is 16.